The molecule has 0 bridgehead atoms. The van der Waals surface area contributed by atoms with E-state index >= 15 is 0 Å². The smallest absolute Gasteiger partial charge is 0.266 e. The Kier molecular flexibility index (Phi) is 6.59. The van der Waals surface area contributed by atoms with E-state index in [1.54, 1.807) is 11.1 Å². The third-order valence-corrected chi connectivity index (χ3v) is 6.79. The topological polar surface area (TPSA) is 53.5 Å². The van der Waals surface area contributed by atoms with Gasteiger partial charge in [0.15, 0.2) is 0 Å². The van der Waals surface area contributed by atoms with E-state index in [1.807, 2.05) is 59.6 Å². The first kappa shape index (κ1) is 20.8. The molecule has 2 aliphatic heterocycles. The summed E-state index contributed by atoms with van der Waals surface area (Å²) >= 11 is 6.71. The maximum absolute atomic E-state index is 13.0. The van der Waals surface area contributed by atoms with Crippen LogP contribution in [0.1, 0.15) is 42.9 Å². The Morgan fingerprint density at radius 3 is 2.80 bits per heavy atom. The van der Waals surface area contributed by atoms with Gasteiger partial charge in [0.2, 0.25) is 5.91 Å². The number of thiocarbonyl (C=S) groups is 1. The molecule has 1 aromatic carbocycles. The summed E-state index contributed by atoms with van der Waals surface area (Å²) in [5.74, 6) is -0.0613. The van der Waals surface area contributed by atoms with Gasteiger partial charge in [-0.15, -0.1) is 0 Å². The summed E-state index contributed by atoms with van der Waals surface area (Å²) in [6.45, 7) is 1.05. The third-order valence-electron chi connectivity index (χ3n) is 5.41. The second kappa shape index (κ2) is 9.53. The summed E-state index contributed by atoms with van der Waals surface area (Å²) in [6, 6.07) is 13.7. The number of pyridine rings is 1. The van der Waals surface area contributed by atoms with Crippen molar-refractivity contribution in [2.45, 2.75) is 31.7 Å². The van der Waals surface area contributed by atoms with Gasteiger partial charge in [-0.1, -0.05) is 60.4 Å². The largest absolute Gasteiger partial charge is 0.336 e. The lowest BCUT2D eigenvalue weighted by atomic mass is 9.96. The van der Waals surface area contributed by atoms with Crippen molar-refractivity contribution in [3.8, 4) is 0 Å². The summed E-state index contributed by atoms with van der Waals surface area (Å²) in [5.41, 5.74) is 2.03. The first-order valence-corrected chi connectivity index (χ1v) is 11.4. The number of thioether (sulfide) groups is 1. The Labute approximate surface area is 186 Å². The van der Waals surface area contributed by atoms with E-state index in [-0.39, 0.29) is 24.3 Å². The summed E-state index contributed by atoms with van der Waals surface area (Å²) < 4.78 is 0.512. The summed E-state index contributed by atoms with van der Waals surface area (Å²) in [4.78, 5) is 34.1. The second-order valence-electron chi connectivity index (χ2n) is 7.38. The lowest BCUT2D eigenvalue weighted by molar-refractivity contribution is -0.135. The molecule has 0 spiro atoms. The highest BCUT2D eigenvalue weighted by Crippen LogP contribution is 2.34. The van der Waals surface area contributed by atoms with Crippen LogP contribution in [0.3, 0.4) is 0 Å². The molecule has 30 heavy (non-hydrogen) atoms. The highest BCUT2D eigenvalue weighted by atomic mass is 32.2. The average Bonchev–Trinajstić information content (AvgIpc) is 3.05. The van der Waals surface area contributed by atoms with E-state index in [0.29, 0.717) is 15.8 Å². The number of aromatic nitrogens is 1. The Morgan fingerprint density at radius 1 is 1.20 bits per heavy atom. The number of hydrogen-bond donors (Lipinski definition) is 0. The first-order valence-electron chi connectivity index (χ1n) is 10.1. The zero-order chi connectivity index (χ0) is 20.9. The fourth-order valence-corrected chi connectivity index (χ4v) is 5.20. The highest BCUT2D eigenvalue weighted by molar-refractivity contribution is 8.26. The maximum Gasteiger partial charge on any atom is 0.266 e. The van der Waals surface area contributed by atoms with E-state index in [1.165, 1.54) is 11.8 Å². The molecule has 2 saturated heterocycles. The van der Waals surface area contributed by atoms with Crippen LogP contribution in [0.25, 0.3) is 6.08 Å². The van der Waals surface area contributed by atoms with Crippen molar-refractivity contribution < 1.29 is 9.59 Å². The standard InChI is InChI=1S/C23H23N3O2S2/c27-21(25-13-5-4-10-19(25)18-9-6-12-24-16-18)11-14-26-22(28)20(30-23(26)29)15-17-7-2-1-3-8-17/h1-3,6-9,12,15-16,19H,4-5,10-11,13-14H2. The van der Waals surface area contributed by atoms with Gasteiger partial charge in [0.25, 0.3) is 5.91 Å². The van der Waals surface area contributed by atoms with Crippen molar-refractivity contribution >= 4 is 46.2 Å². The number of nitrogens with zero attached hydrogens (tertiary/aromatic N) is 3. The molecule has 7 heteroatoms. The normalized spacial score (nSPS) is 20.8. The first-order chi connectivity index (χ1) is 14.6. The quantitative estimate of drug-likeness (QED) is 0.512. The zero-order valence-corrected chi connectivity index (χ0v) is 18.2. The lowest BCUT2D eigenvalue weighted by Gasteiger charge is -2.36. The van der Waals surface area contributed by atoms with Crippen molar-refractivity contribution in [2.75, 3.05) is 13.1 Å². The number of piperidine rings is 1. The molecule has 1 aromatic heterocycles. The number of rotatable bonds is 5. The van der Waals surface area contributed by atoms with Crippen LogP contribution in [-0.4, -0.2) is 44.0 Å². The number of hydrogen-bond acceptors (Lipinski definition) is 5. The van der Waals surface area contributed by atoms with Gasteiger partial charge in [-0.2, -0.15) is 0 Å². The molecule has 0 N–H and O–H groups in total. The Bertz CT molecular complexity index is 963. The molecule has 1 unspecified atom stereocenters. The minimum atomic E-state index is -0.121. The highest BCUT2D eigenvalue weighted by Gasteiger charge is 2.34. The molecule has 2 fully saturated rings. The van der Waals surface area contributed by atoms with Crippen LogP contribution in [0, 0.1) is 0 Å². The van der Waals surface area contributed by atoms with Crippen LogP contribution in [0.4, 0.5) is 0 Å². The van der Waals surface area contributed by atoms with Crippen LogP contribution < -0.4 is 0 Å². The molecule has 0 aliphatic carbocycles. The molecule has 2 aromatic rings. The summed E-state index contributed by atoms with van der Waals surface area (Å²) in [6.07, 6.45) is 8.75. The third kappa shape index (κ3) is 4.63. The fourth-order valence-electron chi connectivity index (χ4n) is 3.89. The molecule has 2 amide bonds. The molecule has 3 heterocycles. The minimum absolute atomic E-state index is 0.0593. The minimum Gasteiger partial charge on any atom is -0.336 e. The molecule has 2 aliphatic rings. The van der Waals surface area contributed by atoms with Crippen molar-refractivity contribution in [1.82, 2.24) is 14.8 Å². The van der Waals surface area contributed by atoms with Gasteiger partial charge >= 0.3 is 0 Å². The van der Waals surface area contributed by atoms with Crippen LogP contribution in [0.2, 0.25) is 0 Å². The van der Waals surface area contributed by atoms with Gasteiger partial charge in [0.05, 0.1) is 10.9 Å². The van der Waals surface area contributed by atoms with Crippen LogP contribution in [0.5, 0.6) is 0 Å². The van der Waals surface area contributed by atoms with Crippen LogP contribution in [0.15, 0.2) is 59.8 Å². The van der Waals surface area contributed by atoms with Crippen molar-refractivity contribution in [3.63, 3.8) is 0 Å². The van der Waals surface area contributed by atoms with Crippen molar-refractivity contribution in [2.24, 2.45) is 0 Å². The van der Waals surface area contributed by atoms with E-state index in [9.17, 15) is 9.59 Å². The molecular weight excluding hydrogens is 414 g/mol. The number of carbonyl (C=O) groups is 2. The number of carbonyl (C=O) groups excluding carboxylic acids is 2. The van der Waals surface area contributed by atoms with Gasteiger partial charge < -0.3 is 4.90 Å². The average molecular weight is 438 g/mol. The molecular formula is C23H23N3O2S2. The van der Waals surface area contributed by atoms with E-state index in [4.69, 9.17) is 12.2 Å². The maximum atomic E-state index is 13.0. The van der Waals surface area contributed by atoms with Gasteiger partial charge in [-0.25, -0.2) is 0 Å². The van der Waals surface area contributed by atoms with E-state index in [2.05, 4.69) is 4.98 Å². The van der Waals surface area contributed by atoms with Crippen molar-refractivity contribution in [3.05, 3.63) is 70.9 Å². The number of likely N-dealkylation sites (tertiary alicyclic amines) is 1. The monoisotopic (exact) mass is 437 g/mol. The fraction of sp³-hybridized carbons (Fsp3) is 0.304. The molecule has 4 rings (SSSR count). The van der Waals surface area contributed by atoms with Gasteiger partial charge in [-0.3, -0.25) is 19.5 Å². The molecule has 1 atom stereocenters. The molecule has 154 valence electrons. The zero-order valence-electron chi connectivity index (χ0n) is 16.6. The van der Waals surface area contributed by atoms with E-state index in [0.717, 1.165) is 36.9 Å². The number of benzene rings is 1. The van der Waals surface area contributed by atoms with Gasteiger partial charge in [0, 0.05) is 31.9 Å². The van der Waals surface area contributed by atoms with Gasteiger partial charge in [-0.05, 0) is 42.5 Å². The Hall–Kier alpha value is -2.51. The van der Waals surface area contributed by atoms with Gasteiger partial charge in [0.1, 0.15) is 4.32 Å². The van der Waals surface area contributed by atoms with Crippen molar-refractivity contribution in [1.29, 1.82) is 0 Å². The SMILES string of the molecule is O=C1C(=Cc2ccccc2)SC(=S)N1CCC(=O)N1CCCCC1c1cccnc1. The molecule has 5 nitrogen and oxygen atoms in total. The second-order valence-corrected chi connectivity index (χ2v) is 9.05. The predicted molar refractivity (Wildman–Crippen MR) is 123 cm³/mol. The summed E-state index contributed by atoms with van der Waals surface area (Å²) in [7, 11) is 0. The number of amides is 2. The molecule has 0 radical (unpaired) electrons. The molecule has 0 saturated carbocycles. The summed E-state index contributed by atoms with van der Waals surface area (Å²) in [5, 5.41) is 0. The predicted octanol–water partition coefficient (Wildman–Crippen LogP) is 4.43. The van der Waals surface area contributed by atoms with E-state index < -0.39 is 0 Å². The Morgan fingerprint density at radius 2 is 2.03 bits per heavy atom. The Balaban J connectivity index is 1.41. The van der Waals surface area contributed by atoms with Crippen LogP contribution in [-0.2, 0) is 9.59 Å². The lowest BCUT2D eigenvalue weighted by Crippen LogP contribution is -2.40. The van der Waals surface area contributed by atoms with Crippen LogP contribution >= 0.6 is 24.0 Å².